The maximum atomic E-state index is 13.2. The molecule has 1 N–H and O–H groups in total. The van der Waals surface area contributed by atoms with Gasteiger partial charge in [0, 0.05) is 37.9 Å². The van der Waals surface area contributed by atoms with Crippen molar-refractivity contribution in [1.82, 2.24) is 14.8 Å². The van der Waals surface area contributed by atoms with Crippen LogP contribution in [0.2, 0.25) is 10.0 Å². The first-order valence-electron chi connectivity index (χ1n) is 12.6. The number of fused-ring (bicyclic) bond motifs is 1. The summed E-state index contributed by atoms with van der Waals surface area (Å²) in [5.41, 5.74) is 6.23. The van der Waals surface area contributed by atoms with Crippen LogP contribution in [0.1, 0.15) is 46.4 Å². The smallest absolute Gasteiger partial charge is 0.272 e. The highest BCUT2D eigenvalue weighted by Crippen LogP contribution is 2.29. The number of hydrogen-bond acceptors (Lipinski definition) is 4. The van der Waals surface area contributed by atoms with Crippen LogP contribution in [0, 0.1) is 0 Å². The van der Waals surface area contributed by atoms with Crippen LogP contribution >= 0.6 is 23.2 Å². The average molecular weight is 524 g/mol. The van der Waals surface area contributed by atoms with Crippen molar-refractivity contribution in [1.29, 1.82) is 0 Å². The maximum absolute atomic E-state index is 13.2. The molecule has 7 heteroatoms. The summed E-state index contributed by atoms with van der Waals surface area (Å²) in [5.74, 6) is -0.0654. The molecular weight excluding hydrogens is 493 g/mol. The summed E-state index contributed by atoms with van der Waals surface area (Å²) in [6, 6.07) is 16.0. The highest BCUT2D eigenvalue weighted by molar-refractivity contribution is 6.42. The molecule has 0 spiro atoms. The number of benzene rings is 2. The van der Waals surface area contributed by atoms with E-state index in [4.69, 9.17) is 23.2 Å². The van der Waals surface area contributed by atoms with E-state index < -0.39 is 0 Å². The van der Waals surface area contributed by atoms with Crippen LogP contribution in [0.4, 0.5) is 0 Å². The molecule has 5 rings (SSSR count). The summed E-state index contributed by atoms with van der Waals surface area (Å²) in [7, 11) is 1.88. The Balaban J connectivity index is 1.22. The number of hydrogen-bond donors (Lipinski definition) is 1. The first-order chi connectivity index (χ1) is 17.4. The predicted molar refractivity (Wildman–Crippen MR) is 145 cm³/mol. The molecule has 2 heterocycles. The van der Waals surface area contributed by atoms with Gasteiger partial charge in [-0.1, -0.05) is 53.5 Å². The number of piperidine rings is 1. The summed E-state index contributed by atoms with van der Waals surface area (Å²) in [6.07, 6.45) is 6.21. The number of likely N-dealkylation sites (tertiary alicyclic amines) is 1. The van der Waals surface area contributed by atoms with Crippen molar-refractivity contribution in [2.75, 3.05) is 20.1 Å². The van der Waals surface area contributed by atoms with Gasteiger partial charge in [0.15, 0.2) is 0 Å². The van der Waals surface area contributed by atoms with Gasteiger partial charge in [-0.25, -0.2) is 0 Å². The first-order valence-corrected chi connectivity index (χ1v) is 13.3. The number of carbonyl (C=O) groups excluding carboxylic acids is 1. The van der Waals surface area contributed by atoms with Crippen LogP contribution in [-0.2, 0) is 19.4 Å². The molecule has 2 atom stereocenters. The molecule has 2 unspecified atom stereocenters. The van der Waals surface area contributed by atoms with E-state index >= 15 is 0 Å². The van der Waals surface area contributed by atoms with Crippen molar-refractivity contribution < 1.29 is 9.90 Å². The molecule has 1 aliphatic heterocycles. The number of carbonyl (C=O) groups is 1. The lowest BCUT2D eigenvalue weighted by molar-refractivity contribution is 0.0667. The standard InChI is InChI=1S/C29H31Cl2N3O2/c1-33(29(36)28-11-8-23(16-32-28)22-7-10-26(30)27(31)15-22)24-9-6-20-13-19(4-5-21(20)14-24)17-34-12-2-3-25(35)18-34/h4-5,7-8,10-11,13,15-16,24-25,35H,2-3,6,9,12,14,17-18H2,1H3. The van der Waals surface area contributed by atoms with Crippen LogP contribution < -0.4 is 0 Å². The van der Waals surface area contributed by atoms with Gasteiger partial charge in [-0.15, -0.1) is 0 Å². The molecular formula is C29H31Cl2N3O2. The zero-order valence-electron chi connectivity index (χ0n) is 20.5. The summed E-state index contributed by atoms with van der Waals surface area (Å²) in [5, 5.41) is 11.0. The zero-order chi connectivity index (χ0) is 25.2. The van der Waals surface area contributed by atoms with Crippen LogP contribution in [-0.4, -0.2) is 58.1 Å². The second kappa shape index (κ2) is 10.9. The number of nitrogens with zero attached hydrogens (tertiary/aromatic N) is 3. The van der Waals surface area contributed by atoms with Gasteiger partial charge in [0.1, 0.15) is 5.69 Å². The number of pyridine rings is 1. The molecule has 0 radical (unpaired) electrons. The molecule has 188 valence electrons. The van der Waals surface area contributed by atoms with Crippen molar-refractivity contribution >= 4 is 29.1 Å². The Labute approximate surface area is 222 Å². The average Bonchev–Trinajstić information content (AvgIpc) is 2.89. The number of aliphatic hydroxyl groups excluding tert-OH is 1. The van der Waals surface area contributed by atoms with Crippen LogP contribution in [0.25, 0.3) is 11.1 Å². The van der Waals surface area contributed by atoms with Gasteiger partial charge in [0.2, 0.25) is 0 Å². The normalized spacial score (nSPS) is 20.1. The van der Waals surface area contributed by atoms with Crippen molar-refractivity contribution in [2.24, 2.45) is 0 Å². The minimum Gasteiger partial charge on any atom is -0.392 e. The highest BCUT2D eigenvalue weighted by atomic mass is 35.5. The van der Waals surface area contributed by atoms with Gasteiger partial charge in [0.25, 0.3) is 5.91 Å². The Morgan fingerprint density at radius 2 is 1.89 bits per heavy atom. The maximum Gasteiger partial charge on any atom is 0.272 e. The largest absolute Gasteiger partial charge is 0.392 e. The topological polar surface area (TPSA) is 56.7 Å². The summed E-state index contributed by atoms with van der Waals surface area (Å²) >= 11 is 12.2. The lowest BCUT2D eigenvalue weighted by atomic mass is 9.86. The highest BCUT2D eigenvalue weighted by Gasteiger charge is 2.27. The lowest BCUT2D eigenvalue weighted by Gasteiger charge is -2.33. The van der Waals surface area contributed by atoms with Crippen molar-refractivity contribution in [3.05, 3.63) is 87.2 Å². The summed E-state index contributed by atoms with van der Waals surface area (Å²) < 4.78 is 0. The molecule has 2 aromatic carbocycles. The zero-order valence-corrected chi connectivity index (χ0v) is 22.0. The third-order valence-electron chi connectivity index (χ3n) is 7.46. The number of aromatic nitrogens is 1. The molecule has 0 saturated carbocycles. The Bertz CT molecular complexity index is 1250. The van der Waals surface area contributed by atoms with Crippen LogP contribution in [0.15, 0.2) is 54.7 Å². The Morgan fingerprint density at radius 3 is 2.64 bits per heavy atom. The molecule has 3 aromatic rings. The van der Waals surface area contributed by atoms with E-state index in [2.05, 4.69) is 28.1 Å². The van der Waals surface area contributed by atoms with Crippen molar-refractivity contribution in [2.45, 2.75) is 50.8 Å². The molecule has 1 aliphatic carbocycles. The van der Waals surface area contributed by atoms with Gasteiger partial charge in [-0.05, 0) is 79.1 Å². The Morgan fingerprint density at radius 1 is 1.06 bits per heavy atom. The van der Waals surface area contributed by atoms with Gasteiger partial charge >= 0.3 is 0 Å². The Hall–Kier alpha value is -2.44. The Kier molecular flexibility index (Phi) is 7.63. The number of amides is 1. The molecule has 1 amide bonds. The van der Waals surface area contributed by atoms with Gasteiger partial charge < -0.3 is 10.0 Å². The molecule has 2 aliphatic rings. The van der Waals surface area contributed by atoms with Crippen molar-refractivity contribution in [3.8, 4) is 11.1 Å². The molecule has 0 bridgehead atoms. The van der Waals surface area contributed by atoms with Crippen LogP contribution in [0.5, 0.6) is 0 Å². The van der Waals surface area contributed by atoms with E-state index in [1.165, 1.54) is 16.7 Å². The van der Waals surface area contributed by atoms with E-state index in [0.29, 0.717) is 15.7 Å². The van der Waals surface area contributed by atoms with E-state index in [1.807, 2.05) is 24.1 Å². The van der Waals surface area contributed by atoms with E-state index in [-0.39, 0.29) is 18.1 Å². The summed E-state index contributed by atoms with van der Waals surface area (Å²) in [6.45, 7) is 2.69. The van der Waals surface area contributed by atoms with Crippen molar-refractivity contribution in [3.63, 3.8) is 0 Å². The number of halogens is 2. The fraction of sp³-hybridized carbons (Fsp3) is 0.379. The second-order valence-corrected chi connectivity index (χ2v) is 10.8. The fourth-order valence-corrected chi connectivity index (χ4v) is 5.66. The van der Waals surface area contributed by atoms with E-state index in [0.717, 1.165) is 62.9 Å². The summed E-state index contributed by atoms with van der Waals surface area (Å²) in [4.78, 5) is 21.8. The number of β-amino-alcohol motifs (C(OH)–C–C–N with tert-alkyl or cyclic N) is 1. The monoisotopic (exact) mass is 523 g/mol. The predicted octanol–water partition coefficient (Wildman–Crippen LogP) is 5.64. The quantitative estimate of drug-likeness (QED) is 0.469. The third-order valence-corrected chi connectivity index (χ3v) is 8.20. The third kappa shape index (κ3) is 5.60. The lowest BCUT2D eigenvalue weighted by Crippen LogP contribution is -2.41. The SMILES string of the molecule is CN(C(=O)c1ccc(-c2ccc(Cl)c(Cl)c2)cn1)C1CCc2cc(CN3CCCC(O)C3)ccc2C1. The fourth-order valence-electron chi connectivity index (χ4n) is 5.36. The molecule has 36 heavy (non-hydrogen) atoms. The first kappa shape index (κ1) is 25.2. The molecule has 1 aromatic heterocycles. The number of likely N-dealkylation sites (N-methyl/N-ethyl adjacent to an activating group) is 1. The van der Waals surface area contributed by atoms with E-state index in [9.17, 15) is 9.90 Å². The molecule has 1 saturated heterocycles. The number of rotatable bonds is 5. The minimum absolute atomic E-state index is 0.0654. The second-order valence-electron chi connectivity index (χ2n) is 10.0. The van der Waals surface area contributed by atoms with Gasteiger partial charge in [-0.2, -0.15) is 0 Å². The molecule has 5 nitrogen and oxygen atoms in total. The molecule has 1 fully saturated rings. The van der Waals surface area contributed by atoms with Gasteiger partial charge in [0.05, 0.1) is 16.1 Å². The number of aryl methyl sites for hydroxylation is 1. The van der Waals surface area contributed by atoms with Gasteiger partial charge in [-0.3, -0.25) is 14.7 Å². The van der Waals surface area contributed by atoms with Crippen LogP contribution in [0.3, 0.4) is 0 Å². The minimum atomic E-state index is -0.202. The van der Waals surface area contributed by atoms with E-state index in [1.54, 1.807) is 24.4 Å². The number of aliphatic hydroxyl groups is 1.